The maximum Gasteiger partial charge on any atom is 0.434 e. The van der Waals surface area contributed by atoms with Gasteiger partial charge in [-0.05, 0) is 6.92 Å². The number of thiazole rings is 1. The highest BCUT2D eigenvalue weighted by atomic mass is 32.1. The van der Waals surface area contributed by atoms with Crippen LogP contribution in [-0.2, 0) is 10.9 Å². The lowest BCUT2D eigenvalue weighted by Crippen LogP contribution is -2.18. The molecule has 0 N–H and O–H groups in total. The van der Waals surface area contributed by atoms with Crippen molar-refractivity contribution < 1.29 is 22.7 Å². The van der Waals surface area contributed by atoms with Crippen molar-refractivity contribution >= 4 is 17.3 Å². The number of aromatic nitrogens is 3. The molecular formula is C11H8F3N3O2S. The van der Waals surface area contributed by atoms with Gasteiger partial charge in [-0.15, -0.1) is 11.3 Å². The Labute approximate surface area is 115 Å². The molecule has 0 aliphatic heterocycles. The molecule has 2 aromatic rings. The Bertz CT molecular complexity index is 614. The highest BCUT2D eigenvalue weighted by molar-refractivity contribution is 7.07. The maximum atomic E-state index is 13.0. The van der Waals surface area contributed by atoms with E-state index in [-0.39, 0.29) is 18.1 Å². The van der Waals surface area contributed by atoms with Gasteiger partial charge in [-0.1, -0.05) is 0 Å². The molecule has 0 fully saturated rings. The summed E-state index contributed by atoms with van der Waals surface area (Å²) in [5, 5.41) is 1.51. The summed E-state index contributed by atoms with van der Waals surface area (Å²) in [6.45, 7) is 1.46. The summed E-state index contributed by atoms with van der Waals surface area (Å²) in [6.07, 6.45) is -3.97. The highest BCUT2D eigenvalue weighted by Crippen LogP contribution is 2.31. The molecule has 0 aliphatic rings. The Morgan fingerprint density at radius 2 is 2.15 bits per heavy atom. The third-order valence-electron chi connectivity index (χ3n) is 2.21. The largest absolute Gasteiger partial charge is 0.462 e. The van der Waals surface area contributed by atoms with Crippen LogP contribution in [0.5, 0.6) is 0 Å². The number of carbonyl (C=O) groups is 1. The number of halogens is 3. The Kier molecular flexibility index (Phi) is 3.98. The van der Waals surface area contributed by atoms with E-state index in [0.717, 1.165) is 6.20 Å². The summed E-state index contributed by atoms with van der Waals surface area (Å²) in [7, 11) is 0. The standard InChI is InChI=1S/C11H8F3N3O2S/c1-2-19-10(18)6-3-15-9(7-4-20-5-16-7)17-8(6)11(12,13)14/h3-5H,2H2,1H3. The van der Waals surface area contributed by atoms with Crippen molar-refractivity contribution in [3.8, 4) is 11.5 Å². The summed E-state index contributed by atoms with van der Waals surface area (Å²) < 4.78 is 43.4. The van der Waals surface area contributed by atoms with Crippen molar-refractivity contribution in [2.45, 2.75) is 13.1 Å². The predicted molar refractivity (Wildman–Crippen MR) is 64.1 cm³/mol. The third kappa shape index (κ3) is 2.93. The third-order valence-corrected chi connectivity index (χ3v) is 2.80. The number of esters is 1. The van der Waals surface area contributed by atoms with Crippen molar-refractivity contribution in [1.29, 1.82) is 0 Å². The Hall–Kier alpha value is -2.03. The van der Waals surface area contributed by atoms with Crippen LogP contribution in [0.2, 0.25) is 0 Å². The number of ether oxygens (including phenoxy) is 1. The number of hydrogen-bond donors (Lipinski definition) is 0. The van der Waals surface area contributed by atoms with Crippen LogP contribution < -0.4 is 0 Å². The van der Waals surface area contributed by atoms with Gasteiger partial charge in [-0.2, -0.15) is 13.2 Å². The zero-order chi connectivity index (χ0) is 14.8. The molecule has 0 unspecified atom stereocenters. The van der Waals surface area contributed by atoms with E-state index < -0.39 is 23.4 Å². The van der Waals surface area contributed by atoms with Crippen molar-refractivity contribution in [2.75, 3.05) is 6.61 Å². The van der Waals surface area contributed by atoms with Crippen LogP contribution in [0.1, 0.15) is 23.0 Å². The van der Waals surface area contributed by atoms with Gasteiger partial charge in [-0.3, -0.25) is 0 Å². The summed E-state index contributed by atoms with van der Waals surface area (Å²) in [5.74, 6) is -1.30. The van der Waals surface area contributed by atoms with E-state index in [1.807, 2.05) is 0 Å². The molecule has 0 amide bonds. The number of nitrogens with zero attached hydrogens (tertiary/aromatic N) is 3. The van der Waals surface area contributed by atoms with Crippen LogP contribution in [0.3, 0.4) is 0 Å². The molecule has 2 aromatic heterocycles. The molecule has 0 radical (unpaired) electrons. The summed E-state index contributed by atoms with van der Waals surface area (Å²) in [4.78, 5) is 22.5. The predicted octanol–water partition coefficient (Wildman–Crippen LogP) is 2.80. The second kappa shape index (κ2) is 5.53. The van der Waals surface area contributed by atoms with Crippen LogP contribution in [0.25, 0.3) is 11.5 Å². The summed E-state index contributed by atoms with van der Waals surface area (Å²) in [5.41, 5.74) is -0.367. The fraction of sp³-hybridized carbons (Fsp3) is 0.273. The zero-order valence-electron chi connectivity index (χ0n) is 10.1. The smallest absolute Gasteiger partial charge is 0.434 e. The summed E-state index contributed by atoms with van der Waals surface area (Å²) >= 11 is 1.20. The first kappa shape index (κ1) is 14.4. The Morgan fingerprint density at radius 1 is 1.40 bits per heavy atom. The highest BCUT2D eigenvalue weighted by Gasteiger charge is 2.38. The Morgan fingerprint density at radius 3 is 2.70 bits per heavy atom. The number of alkyl halides is 3. The molecule has 0 aliphatic carbocycles. The average Bonchev–Trinajstić information content (AvgIpc) is 2.91. The maximum absolute atomic E-state index is 13.0. The van der Waals surface area contributed by atoms with E-state index in [4.69, 9.17) is 0 Å². The molecule has 106 valence electrons. The summed E-state index contributed by atoms with van der Waals surface area (Å²) in [6, 6.07) is 0. The van der Waals surface area contributed by atoms with Crippen molar-refractivity contribution in [3.05, 3.63) is 28.3 Å². The molecule has 20 heavy (non-hydrogen) atoms. The van der Waals surface area contributed by atoms with Crippen LogP contribution >= 0.6 is 11.3 Å². The van der Waals surface area contributed by atoms with Crippen molar-refractivity contribution in [2.24, 2.45) is 0 Å². The molecular weight excluding hydrogens is 295 g/mol. The topological polar surface area (TPSA) is 65.0 Å². The first-order valence-electron chi connectivity index (χ1n) is 5.43. The van der Waals surface area contributed by atoms with Gasteiger partial charge in [0.25, 0.3) is 0 Å². The molecule has 2 heterocycles. The second-order valence-electron chi connectivity index (χ2n) is 3.55. The Balaban J connectivity index is 2.52. The molecule has 0 bridgehead atoms. The lowest BCUT2D eigenvalue weighted by Gasteiger charge is -2.11. The van der Waals surface area contributed by atoms with Gasteiger partial charge in [0.15, 0.2) is 11.5 Å². The minimum atomic E-state index is -4.78. The first-order chi connectivity index (χ1) is 9.43. The van der Waals surface area contributed by atoms with Crippen LogP contribution in [-0.4, -0.2) is 27.5 Å². The van der Waals surface area contributed by atoms with E-state index in [2.05, 4.69) is 19.7 Å². The number of rotatable bonds is 3. The quantitative estimate of drug-likeness (QED) is 0.816. The number of carbonyl (C=O) groups excluding carboxylic acids is 1. The van der Waals surface area contributed by atoms with Gasteiger partial charge in [-0.25, -0.2) is 19.7 Å². The van der Waals surface area contributed by atoms with Gasteiger partial charge in [0.1, 0.15) is 11.3 Å². The zero-order valence-corrected chi connectivity index (χ0v) is 11.0. The van der Waals surface area contributed by atoms with Gasteiger partial charge >= 0.3 is 12.1 Å². The first-order valence-corrected chi connectivity index (χ1v) is 6.37. The average molecular weight is 303 g/mol. The van der Waals surface area contributed by atoms with E-state index >= 15 is 0 Å². The molecule has 2 rings (SSSR count). The van der Waals surface area contributed by atoms with Crippen LogP contribution in [0, 0.1) is 0 Å². The van der Waals surface area contributed by atoms with E-state index in [0.29, 0.717) is 0 Å². The normalized spacial score (nSPS) is 11.4. The molecule has 5 nitrogen and oxygen atoms in total. The lowest BCUT2D eigenvalue weighted by atomic mass is 10.2. The van der Waals surface area contributed by atoms with E-state index in [9.17, 15) is 18.0 Å². The molecule has 0 saturated heterocycles. The van der Waals surface area contributed by atoms with Crippen LogP contribution in [0.15, 0.2) is 17.1 Å². The van der Waals surface area contributed by atoms with E-state index in [1.54, 1.807) is 0 Å². The molecule has 0 aromatic carbocycles. The SMILES string of the molecule is CCOC(=O)c1cnc(-c2cscn2)nc1C(F)(F)F. The van der Waals surface area contributed by atoms with Crippen LogP contribution in [0.4, 0.5) is 13.2 Å². The molecule has 0 spiro atoms. The number of hydrogen-bond acceptors (Lipinski definition) is 6. The van der Waals surface area contributed by atoms with E-state index in [1.165, 1.54) is 29.2 Å². The molecule has 9 heteroatoms. The van der Waals surface area contributed by atoms with Crippen molar-refractivity contribution in [1.82, 2.24) is 15.0 Å². The van der Waals surface area contributed by atoms with Crippen molar-refractivity contribution in [3.63, 3.8) is 0 Å². The molecule has 0 atom stereocenters. The fourth-order valence-corrected chi connectivity index (χ4v) is 1.93. The van der Waals surface area contributed by atoms with Gasteiger partial charge < -0.3 is 4.74 Å². The minimum absolute atomic E-state index is 0.0377. The van der Waals surface area contributed by atoms with Gasteiger partial charge in [0.2, 0.25) is 0 Å². The monoisotopic (exact) mass is 303 g/mol. The lowest BCUT2D eigenvalue weighted by molar-refractivity contribution is -0.141. The second-order valence-corrected chi connectivity index (χ2v) is 4.27. The van der Waals surface area contributed by atoms with Gasteiger partial charge in [0, 0.05) is 11.6 Å². The minimum Gasteiger partial charge on any atom is -0.462 e. The van der Waals surface area contributed by atoms with Gasteiger partial charge in [0.05, 0.1) is 12.1 Å². The molecule has 0 saturated carbocycles. The fourth-order valence-electron chi connectivity index (χ4n) is 1.40.